The summed E-state index contributed by atoms with van der Waals surface area (Å²) in [6, 6.07) is -0.0888. The van der Waals surface area contributed by atoms with E-state index < -0.39 is 11.9 Å². The monoisotopic (exact) mass is 234 g/mol. The van der Waals surface area contributed by atoms with Gasteiger partial charge in [0.2, 0.25) is 0 Å². The van der Waals surface area contributed by atoms with E-state index in [0.29, 0.717) is 18.6 Å². The van der Waals surface area contributed by atoms with E-state index in [-0.39, 0.29) is 6.04 Å². The molecule has 1 aromatic heterocycles. The number of nitrogens with two attached hydrogens (primary N) is 1. The van der Waals surface area contributed by atoms with E-state index in [2.05, 4.69) is 9.97 Å². The number of nitrogens with zero attached hydrogens (tertiary/aromatic N) is 3. The summed E-state index contributed by atoms with van der Waals surface area (Å²) in [5, 5.41) is 0. The average Bonchev–Trinajstić information content (AvgIpc) is 2.15. The highest BCUT2D eigenvalue weighted by Crippen LogP contribution is 2.27. The number of hydrogen-bond donors (Lipinski definition) is 1. The molecular weight excluding hydrogens is 221 g/mol. The summed E-state index contributed by atoms with van der Waals surface area (Å²) in [6.45, 7) is 2.30. The van der Waals surface area contributed by atoms with Crippen molar-refractivity contribution >= 4 is 5.82 Å². The first-order valence-corrected chi connectivity index (χ1v) is 4.66. The van der Waals surface area contributed by atoms with Crippen LogP contribution in [0.5, 0.6) is 0 Å². The standard InChI is InChI=1S/C9H13F3N4/c1-6(13)5-16(2)8-4-14-7(3-15-8)9(10,11)12/h3-4,6H,5,13H2,1-2H3. The SMILES string of the molecule is CC(N)CN(C)c1cnc(C(F)(F)F)cn1. The van der Waals surface area contributed by atoms with Crippen molar-refractivity contribution in [2.75, 3.05) is 18.5 Å². The molecule has 1 unspecified atom stereocenters. The van der Waals surface area contributed by atoms with Gasteiger partial charge in [0.1, 0.15) is 5.82 Å². The zero-order valence-electron chi connectivity index (χ0n) is 8.99. The number of alkyl halides is 3. The Bertz CT molecular complexity index is 334. The van der Waals surface area contributed by atoms with Crippen LogP contribution in [0.4, 0.5) is 19.0 Å². The number of aromatic nitrogens is 2. The van der Waals surface area contributed by atoms with Crippen molar-refractivity contribution < 1.29 is 13.2 Å². The minimum atomic E-state index is -4.45. The molecule has 0 bridgehead atoms. The molecule has 0 saturated heterocycles. The normalized spacial score (nSPS) is 13.6. The molecule has 0 aliphatic heterocycles. The van der Waals surface area contributed by atoms with E-state index in [0.717, 1.165) is 6.20 Å². The second-order valence-corrected chi connectivity index (χ2v) is 3.62. The molecule has 1 aromatic rings. The molecule has 16 heavy (non-hydrogen) atoms. The van der Waals surface area contributed by atoms with Crippen LogP contribution in [0.15, 0.2) is 12.4 Å². The Morgan fingerprint density at radius 1 is 1.38 bits per heavy atom. The van der Waals surface area contributed by atoms with Gasteiger partial charge in [-0.15, -0.1) is 0 Å². The molecule has 4 nitrogen and oxygen atoms in total. The number of halogens is 3. The van der Waals surface area contributed by atoms with Crippen molar-refractivity contribution in [2.24, 2.45) is 5.73 Å². The summed E-state index contributed by atoms with van der Waals surface area (Å²) in [7, 11) is 1.70. The van der Waals surface area contributed by atoms with Crippen LogP contribution in [-0.2, 0) is 6.18 Å². The number of rotatable bonds is 3. The zero-order valence-corrected chi connectivity index (χ0v) is 8.99. The molecule has 0 spiro atoms. The number of likely N-dealkylation sites (N-methyl/N-ethyl adjacent to an activating group) is 1. The Hall–Kier alpha value is -1.37. The maximum atomic E-state index is 12.2. The van der Waals surface area contributed by atoms with Crippen LogP contribution in [0.25, 0.3) is 0 Å². The highest BCUT2D eigenvalue weighted by molar-refractivity contribution is 5.34. The van der Waals surface area contributed by atoms with Crippen LogP contribution in [0.1, 0.15) is 12.6 Å². The number of hydrogen-bond acceptors (Lipinski definition) is 4. The molecule has 1 heterocycles. The minimum absolute atomic E-state index is 0.0888. The maximum absolute atomic E-state index is 12.2. The van der Waals surface area contributed by atoms with Crippen molar-refractivity contribution in [3.8, 4) is 0 Å². The first kappa shape index (κ1) is 12.7. The van der Waals surface area contributed by atoms with Crippen molar-refractivity contribution in [1.82, 2.24) is 9.97 Å². The fourth-order valence-corrected chi connectivity index (χ4v) is 1.19. The van der Waals surface area contributed by atoms with Crippen molar-refractivity contribution in [3.63, 3.8) is 0 Å². The summed E-state index contributed by atoms with van der Waals surface area (Å²) >= 11 is 0. The van der Waals surface area contributed by atoms with E-state index in [9.17, 15) is 13.2 Å². The van der Waals surface area contributed by atoms with Gasteiger partial charge < -0.3 is 10.6 Å². The summed E-state index contributed by atoms with van der Waals surface area (Å²) in [5.74, 6) is 0.366. The van der Waals surface area contributed by atoms with Crippen LogP contribution in [0.2, 0.25) is 0 Å². The third kappa shape index (κ3) is 3.34. The first-order chi connectivity index (χ1) is 7.30. The maximum Gasteiger partial charge on any atom is 0.434 e. The second-order valence-electron chi connectivity index (χ2n) is 3.62. The summed E-state index contributed by atoms with van der Waals surface area (Å²) in [6.07, 6.45) is -2.65. The van der Waals surface area contributed by atoms with Gasteiger partial charge in [-0.05, 0) is 6.92 Å². The fraction of sp³-hybridized carbons (Fsp3) is 0.556. The molecule has 0 aromatic carbocycles. The molecule has 0 aliphatic rings. The summed E-state index contributed by atoms with van der Waals surface area (Å²) in [4.78, 5) is 8.64. The van der Waals surface area contributed by atoms with E-state index in [1.165, 1.54) is 0 Å². The van der Waals surface area contributed by atoms with Crippen molar-refractivity contribution in [2.45, 2.75) is 19.1 Å². The summed E-state index contributed by atoms with van der Waals surface area (Å²) in [5.41, 5.74) is 4.57. The molecular formula is C9H13F3N4. The van der Waals surface area contributed by atoms with Gasteiger partial charge in [-0.25, -0.2) is 9.97 Å². The number of anilines is 1. The molecule has 1 rings (SSSR count). The Morgan fingerprint density at radius 3 is 2.38 bits per heavy atom. The lowest BCUT2D eigenvalue weighted by Crippen LogP contribution is -2.33. The third-order valence-corrected chi connectivity index (χ3v) is 1.88. The Kier molecular flexibility index (Phi) is 3.69. The zero-order chi connectivity index (χ0) is 12.3. The lowest BCUT2D eigenvalue weighted by molar-refractivity contribution is -0.141. The van der Waals surface area contributed by atoms with Crippen LogP contribution in [-0.4, -0.2) is 29.6 Å². The van der Waals surface area contributed by atoms with Crippen LogP contribution in [0, 0.1) is 0 Å². The predicted molar refractivity (Wildman–Crippen MR) is 54.0 cm³/mol. The minimum Gasteiger partial charge on any atom is -0.357 e. The molecule has 0 aliphatic carbocycles. The molecule has 0 saturated carbocycles. The van der Waals surface area contributed by atoms with E-state index in [1.807, 2.05) is 0 Å². The largest absolute Gasteiger partial charge is 0.434 e. The molecule has 0 radical (unpaired) electrons. The molecule has 0 fully saturated rings. The van der Waals surface area contributed by atoms with Gasteiger partial charge in [-0.2, -0.15) is 13.2 Å². The van der Waals surface area contributed by atoms with Gasteiger partial charge in [-0.3, -0.25) is 0 Å². The first-order valence-electron chi connectivity index (χ1n) is 4.66. The lowest BCUT2D eigenvalue weighted by atomic mass is 10.3. The highest BCUT2D eigenvalue weighted by atomic mass is 19.4. The van der Waals surface area contributed by atoms with E-state index in [1.54, 1.807) is 18.9 Å². The quantitative estimate of drug-likeness (QED) is 0.856. The molecule has 90 valence electrons. The van der Waals surface area contributed by atoms with Crippen molar-refractivity contribution in [3.05, 3.63) is 18.1 Å². The topological polar surface area (TPSA) is 55.0 Å². The average molecular weight is 234 g/mol. The van der Waals surface area contributed by atoms with Crippen molar-refractivity contribution in [1.29, 1.82) is 0 Å². The van der Waals surface area contributed by atoms with Gasteiger partial charge in [0.05, 0.1) is 12.4 Å². The Morgan fingerprint density at radius 2 is 2.00 bits per heavy atom. The lowest BCUT2D eigenvalue weighted by Gasteiger charge is -2.19. The highest BCUT2D eigenvalue weighted by Gasteiger charge is 2.32. The summed E-state index contributed by atoms with van der Waals surface area (Å²) < 4.78 is 36.6. The van der Waals surface area contributed by atoms with Gasteiger partial charge >= 0.3 is 6.18 Å². The van der Waals surface area contributed by atoms with Crippen LogP contribution in [0.3, 0.4) is 0 Å². The van der Waals surface area contributed by atoms with E-state index >= 15 is 0 Å². The Labute approximate surface area is 91.3 Å². The van der Waals surface area contributed by atoms with Gasteiger partial charge in [0.15, 0.2) is 5.69 Å². The molecule has 1 atom stereocenters. The Balaban J connectivity index is 2.79. The van der Waals surface area contributed by atoms with Crippen LogP contribution >= 0.6 is 0 Å². The predicted octanol–water partition coefficient (Wildman–Crippen LogP) is 1.28. The van der Waals surface area contributed by atoms with E-state index in [4.69, 9.17) is 5.73 Å². The third-order valence-electron chi connectivity index (χ3n) is 1.88. The van der Waals surface area contributed by atoms with Crippen LogP contribution < -0.4 is 10.6 Å². The second kappa shape index (κ2) is 4.65. The van der Waals surface area contributed by atoms with Gasteiger partial charge in [0, 0.05) is 19.6 Å². The molecule has 7 heteroatoms. The fourth-order valence-electron chi connectivity index (χ4n) is 1.19. The smallest absolute Gasteiger partial charge is 0.357 e. The molecule has 0 amide bonds. The van der Waals surface area contributed by atoms with Gasteiger partial charge in [0.25, 0.3) is 0 Å². The van der Waals surface area contributed by atoms with Gasteiger partial charge in [-0.1, -0.05) is 0 Å². The molecule has 2 N–H and O–H groups in total.